The largest absolute Gasteiger partial charge is 0.495 e. The number of aromatic nitrogens is 2. The van der Waals surface area contributed by atoms with Crippen molar-refractivity contribution in [2.75, 3.05) is 51.3 Å². The van der Waals surface area contributed by atoms with Crippen LogP contribution in [-0.4, -0.2) is 83.6 Å². The summed E-state index contributed by atoms with van der Waals surface area (Å²) in [6.07, 6.45) is 2.92. The summed E-state index contributed by atoms with van der Waals surface area (Å²) in [7, 11) is 1.69. The number of anilines is 1. The fraction of sp³-hybridized carbons (Fsp3) is 0.485. The van der Waals surface area contributed by atoms with Gasteiger partial charge >= 0.3 is 6.09 Å². The molecule has 224 valence electrons. The summed E-state index contributed by atoms with van der Waals surface area (Å²) in [6.45, 7) is 13.6. The number of hydrogen-bond donors (Lipinski definition) is 0. The van der Waals surface area contributed by atoms with Gasteiger partial charge in [-0.2, -0.15) is 5.10 Å². The summed E-state index contributed by atoms with van der Waals surface area (Å²) in [6, 6.07) is 14.3. The standard InChI is InChI=1S/C33H43N5O4/c1-23-11-12-27(24(2)21-23)38-30(25-13-15-37(16-14-25)32(40)42-33(3,4)5)26(22-34-38)31(39)36-19-17-35(18-20-36)28-9-7-8-10-29(28)41-6/h7-12,21-22,25H,13-20H2,1-6H3. The molecule has 5 rings (SSSR count). The number of piperidine rings is 1. The predicted octanol–water partition coefficient (Wildman–Crippen LogP) is 5.57. The number of carbonyl (C=O) groups is 2. The van der Waals surface area contributed by atoms with Gasteiger partial charge in [0.1, 0.15) is 11.4 Å². The molecular formula is C33H43N5O4. The molecule has 0 bridgehead atoms. The van der Waals surface area contributed by atoms with Crippen LogP contribution in [0.3, 0.4) is 0 Å². The Bertz CT molecular complexity index is 1430. The number of methoxy groups -OCH3 is 1. The lowest BCUT2D eigenvalue weighted by Crippen LogP contribution is -2.49. The Morgan fingerprint density at radius 3 is 2.21 bits per heavy atom. The quantitative estimate of drug-likeness (QED) is 0.397. The van der Waals surface area contributed by atoms with Gasteiger partial charge in [0.2, 0.25) is 0 Å². The minimum Gasteiger partial charge on any atom is -0.495 e. The van der Waals surface area contributed by atoms with Crippen molar-refractivity contribution in [2.24, 2.45) is 0 Å². The topological polar surface area (TPSA) is 80.1 Å². The third-order valence-electron chi connectivity index (χ3n) is 8.14. The molecule has 2 saturated heterocycles. The zero-order valence-electron chi connectivity index (χ0n) is 25.7. The van der Waals surface area contributed by atoms with Crippen LogP contribution in [0.15, 0.2) is 48.7 Å². The second-order valence-electron chi connectivity index (χ2n) is 12.3. The molecule has 0 radical (unpaired) electrons. The number of rotatable bonds is 5. The van der Waals surface area contributed by atoms with E-state index < -0.39 is 5.60 Å². The Labute approximate surface area is 249 Å². The number of carbonyl (C=O) groups excluding carboxylic acids is 2. The first-order chi connectivity index (χ1) is 20.1. The summed E-state index contributed by atoms with van der Waals surface area (Å²) in [5, 5.41) is 4.79. The lowest BCUT2D eigenvalue weighted by atomic mass is 9.90. The highest BCUT2D eigenvalue weighted by Crippen LogP contribution is 2.35. The number of amides is 2. The first kappa shape index (κ1) is 29.5. The van der Waals surface area contributed by atoms with Crippen LogP contribution < -0.4 is 9.64 Å². The molecule has 3 aromatic rings. The average molecular weight is 574 g/mol. The van der Waals surface area contributed by atoms with Crippen LogP contribution in [0.5, 0.6) is 5.75 Å². The summed E-state index contributed by atoms with van der Waals surface area (Å²) in [5.41, 5.74) is 5.36. The minimum absolute atomic E-state index is 0.00950. The van der Waals surface area contributed by atoms with Gasteiger partial charge in [0.05, 0.1) is 35.9 Å². The molecule has 0 N–H and O–H groups in total. The second kappa shape index (κ2) is 12.1. The molecule has 42 heavy (non-hydrogen) atoms. The summed E-state index contributed by atoms with van der Waals surface area (Å²) in [4.78, 5) is 32.8. The van der Waals surface area contributed by atoms with Crippen molar-refractivity contribution in [1.29, 1.82) is 0 Å². The summed E-state index contributed by atoms with van der Waals surface area (Å²) in [5.74, 6) is 0.933. The van der Waals surface area contributed by atoms with E-state index in [1.54, 1.807) is 18.2 Å². The number of piperazine rings is 1. The van der Waals surface area contributed by atoms with E-state index in [2.05, 4.69) is 43.0 Å². The smallest absolute Gasteiger partial charge is 0.410 e. The Morgan fingerprint density at radius 1 is 0.881 bits per heavy atom. The van der Waals surface area contributed by atoms with Crippen molar-refractivity contribution >= 4 is 17.7 Å². The van der Waals surface area contributed by atoms with Crippen molar-refractivity contribution in [1.82, 2.24) is 19.6 Å². The van der Waals surface area contributed by atoms with Gasteiger partial charge in [-0.25, -0.2) is 9.48 Å². The van der Waals surface area contributed by atoms with Gasteiger partial charge in [0.25, 0.3) is 5.91 Å². The lowest BCUT2D eigenvalue weighted by Gasteiger charge is -2.37. The van der Waals surface area contributed by atoms with E-state index in [0.717, 1.165) is 54.3 Å². The Hall–Kier alpha value is -4.01. The third kappa shape index (κ3) is 6.25. The minimum atomic E-state index is -0.537. The van der Waals surface area contributed by atoms with Crippen molar-refractivity contribution in [3.8, 4) is 11.4 Å². The maximum Gasteiger partial charge on any atom is 0.410 e. The number of aryl methyl sites for hydroxylation is 2. The molecule has 2 amide bonds. The van der Waals surface area contributed by atoms with Crippen LogP contribution in [-0.2, 0) is 4.74 Å². The number of benzene rings is 2. The molecule has 0 atom stereocenters. The number of ether oxygens (including phenoxy) is 2. The Kier molecular flexibility index (Phi) is 8.48. The molecule has 2 fully saturated rings. The average Bonchev–Trinajstić information content (AvgIpc) is 3.41. The van der Waals surface area contributed by atoms with Crippen molar-refractivity contribution in [2.45, 2.75) is 59.0 Å². The molecule has 0 saturated carbocycles. The molecule has 2 aromatic carbocycles. The molecule has 9 heteroatoms. The lowest BCUT2D eigenvalue weighted by molar-refractivity contribution is 0.0203. The normalized spacial score (nSPS) is 16.5. The van der Waals surface area contributed by atoms with Crippen LogP contribution in [0, 0.1) is 13.8 Å². The highest BCUT2D eigenvalue weighted by Gasteiger charge is 2.34. The maximum atomic E-state index is 14.1. The van der Waals surface area contributed by atoms with Crippen LogP contribution in [0.4, 0.5) is 10.5 Å². The van der Waals surface area contributed by atoms with Crippen LogP contribution in [0.25, 0.3) is 5.69 Å². The zero-order chi connectivity index (χ0) is 30.0. The highest BCUT2D eigenvalue weighted by atomic mass is 16.6. The summed E-state index contributed by atoms with van der Waals surface area (Å²) < 4.78 is 13.1. The van der Waals surface area contributed by atoms with Crippen molar-refractivity contribution in [3.05, 3.63) is 71.0 Å². The van der Waals surface area contributed by atoms with Gasteiger partial charge in [-0.05, 0) is 71.2 Å². The van der Waals surface area contributed by atoms with Crippen molar-refractivity contribution < 1.29 is 19.1 Å². The highest BCUT2D eigenvalue weighted by molar-refractivity contribution is 5.95. The Morgan fingerprint density at radius 2 is 1.57 bits per heavy atom. The third-order valence-corrected chi connectivity index (χ3v) is 8.14. The van der Waals surface area contributed by atoms with Crippen LogP contribution in [0.2, 0.25) is 0 Å². The number of likely N-dealkylation sites (tertiary alicyclic amines) is 1. The number of hydrogen-bond acceptors (Lipinski definition) is 6. The fourth-order valence-electron chi connectivity index (χ4n) is 6.02. The van der Waals surface area contributed by atoms with E-state index >= 15 is 0 Å². The van der Waals surface area contributed by atoms with E-state index in [4.69, 9.17) is 14.6 Å². The van der Waals surface area contributed by atoms with Crippen molar-refractivity contribution in [3.63, 3.8) is 0 Å². The number of para-hydroxylation sites is 2. The predicted molar refractivity (Wildman–Crippen MR) is 164 cm³/mol. The van der Waals surface area contributed by atoms with Gasteiger partial charge in [-0.1, -0.05) is 29.8 Å². The molecule has 1 aromatic heterocycles. The molecule has 3 heterocycles. The fourth-order valence-corrected chi connectivity index (χ4v) is 6.02. The molecule has 9 nitrogen and oxygen atoms in total. The zero-order valence-corrected chi connectivity index (χ0v) is 25.7. The van der Waals surface area contributed by atoms with E-state index in [1.807, 2.05) is 48.6 Å². The summed E-state index contributed by atoms with van der Waals surface area (Å²) >= 11 is 0. The van der Waals surface area contributed by atoms with E-state index in [9.17, 15) is 9.59 Å². The van der Waals surface area contributed by atoms with E-state index in [0.29, 0.717) is 31.7 Å². The van der Waals surface area contributed by atoms with Gasteiger partial charge in [0.15, 0.2) is 0 Å². The first-order valence-electron chi connectivity index (χ1n) is 14.9. The maximum absolute atomic E-state index is 14.1. The molecule has 0 unspecified atom stereocenters. The number of nitrogens with zero attached hydrogens (tertiary/aromatic N) is 5. The van der Waals surface area contributed by atoms with Crippen LogP contribution in [0.1, 0.15) is 66.7 Å². The van der Waals surface area contributed by atoms with Gasteiger partial charge in [0, 0.05) is 45.2 Å². The molecule has 2 aliphatic rings. The van der Waals surface area contributed by atoms with Gasteiger partial charge in [-0.15, -0.1) is 0 Å². The van der Waals surface area contributed by atoms with Gasteiger partial charge in [-0.3, -0.25) is 4.79 Å². The van der Waals surface area contributed by atoms with E-state index in [1.165, 1.54) is 5.56 Å². The molecule has 0 aliphatic carbocycles. The van der Waals surface area contributed by atoms with E-state index in [-0.39, 0.29) is 17.9 Å². The molecular weight excluding hydrogens is 530 g/mol. The van der Waals surface area contributed by atoms with Gasteiger partial charge < -0.3 is 24.2 Å². The molecule has 2 aliphatic heterocycles. The molecule has 0 spiro atoms. The second-order valence-corrected chi connectivity index (χ2v) is 12.3. The SMILES string of the molecule is COc1ccccc1N1CCN(C(=O)c2cnn(-c3ccc(C)cc3C)c2C2CCN(C(=O)OC(C)(C)C)CC2)CC1. The Balaban J connectivity index is 1.38. The monoisotopic (exact) mass is 573 g/mol. The van der Waals surface area contributed by atoms with Crippen LogP contribution >= 0.6 is 0 Å². The first-order valence-corrected chi connectivity index (χ1v) is 14.9.